The third-order valence-corrected chi connectivity index (χ3v) is 5.91. The van der Waals surface area contributed by atoms with Crippen LogP contribution in [0.1, 0.15) is 43.8 Å². The Morgan fingerprint density at radius 3 is 2.77 bits per heavy atom. The van der Waals surface area contributed by atoms with Gasteiger partial charge in [-0.25, -0.2) is 0 Å². The molecule has 3 aromatic rings. The maximum Gasteiger partial charge on any atom is 0.140 e. The zero-order valence-corrected chi connectivity index (χ0v) is 18.6. The number of nitrogens with zero attached hydrogens (tertiary/aromatic N) is 3. The molecule has 1 aliphatic rings. The smallest absolute Gasteiger partial charge is 0.140 e. The number of hydrogen-bond donors (Lipinski definition) is 2. The van der Waals surface area contributed by atoms with Crippen molar-refractivity contribution in [3.05, 3.63) is 53.5 Å². The highest BCUT2D eigenvalue weighted by atomic mass is 16.5. The summed E-state index contributed by atoms with van der Waals surface area (Å²) >= 11 is 0. The van der Waals surface area contributed by atoms with Crippen LogP contribution in [0.3, 0.4) is 0 Å². The van der Waals surface area contributed by atoms with Crippen molar-refractivity contribution < 1.29 is 14.4 Å². The minimum absolute atomic E-state index is 0.473. The fourth-order valence-electron chi connectivity index (χ4n) is 4.20. The molecule has 1 saturated heterocycles. The maximum atomic E-state index is 11.1. The van der Waals surface area contributed by atoms with E-state index in [1.165, 1.54) is 0 Å². The van der Waals surface area contributed by atoms with Crippen molar-refractivity contribution in [2.45, 2.75) is 51.7 Å². The maximum absolute atomic E-state index is 11.1. The summed E-state index contributed by atoms with van der Waals surface area (Å²) in [5.41, 5.74) is 3.19. The largest absolute Gasteiger partial charge is 0.497 e. The second-order valence-corrected chi connectivity index (χ2v) is 9.07. The number of nitrogens with one attached hydrogen (secondary N) is 1. The van der Waals surface area contributed by atoms with Crippen molar-refractivity contribution in [1.29, 1.82) is 0 Å². The van der Waals surface area contributed by atoms with Gasteiger partial charge in [0.25, 0.3) is 0 Å². The summed E-state index contributed by atoms with van der Waals surface area (Å²) in [7, 11) is 1.64. The fraction of sp³-hybridized carbons (Fsp3) is 0.500. The lowest BCUT2D eigenvalue weighted by molar-refractivity contribution is -0.0267. The first-order valence-electron chi connectivity index (χ1n) is 11.0. The average Bonchev–Trinajstić information content (AvgIpc) is 3.39. The number of likely N-dealkylation sites (tertiary alicyclic amines) is 1. The van der Waals surface area contributed by atoms with Crippen LogP contribution in [0.2, 0.25) is 0 Å². The summed E-state index contributed by atoms with van der Waals surface area (Å²) < 4.78 is 10.8. The molecule has 0 radical (unpaired) electrons. The molecule has 4 rings (SSSR count). The van der Waals surface area contributed by atoms with Gasteiger partial charge in [-0.1, -0.05) is 31.1 Å². The van der Waals surface area contributed by atoms with Crippen LogP contribution in [-0.2, 0) is 19.4 Å². The summed E-state index contributed by atoms with van der Waals surface area (Å²) in [6.45, 7) is 6.92. The molecule has 1 aliphatic heterocycles. The Morgan fingerprint density at radius 2 is 2.03 bits per heavy atom. The first kappa shape index (κ1) is 21.6. The van der Waals surface area contributed by atoms with E-state index in [0.29, 0.717) is 30.9 Å². The Morgan fingerprint density at radius 1 is 1.23 bits per heavy atom. The summed E-state index contributed by atoms with van der Waals surface area (Å²) in [4.78, 5) is 2.36. The number of aliphatic hydroxyl groups is 1. The van der Waals surface area contributed by atoms with Crippen LogP contribution < -0.4 is 4.74 Å². The number of rotatable bonds is 8. The van der Waals surface area contributed by atoms with Crippen LogP contribution in [0.5, 0.6) is 5.75 Å². The summed E-state index contributed by atoms with van der Waals surface area (Å²) in [6, 6.07) is 11.8. The van der Waals surface area contributed by atoms with Crippen molar-refractivity contribution >= 4 is 0 Å². The van der Waals surface area contributed by atoms with E-state index in [9.17, 15) is 5.11 Å². The molecule has 0 amide bonds. The van der Waals surface area contributed by atoms with Gasteiger partial charge in [0, 0.05) is 43.4 Å². The average molecular weight is 425 g/mol. The van der Waals surface area contributed by atoms with Gasteiger partial charge in [0.05, 0.1) is 18.4 Å². The number of hydrogen-bond acceptors (Lipinski definition) is 6. The standard InChI is InChI=1S/C24H32N4O3/c1-17(2)11-19-13-20(26-25-19)16-28-9-7-24(29,8-10-28)15-22-14-23(27-31-22)18-5-4-6-21(12-18)30-3/h4-6,12-14,17,29H,7-11,15-16H2,1-3H3,(H,25,26). The molecular weight excluding hydrogens is 392 g/mol. The Balaban J connectivity index is 1.32. The van der Waals surface area contributed by atoms with E-state index < -0.39 is 5.60 Å². The Labute approximate surface area is 183 Å². The molecule has 2 aromatic heterocycles. The number of piperidine rings is 1. The van der Waals surface area contributed by atoms with E-state index >= 15 is 0 Å². The molecule has 7 nitrogen and oxygen atoms in total. The van der Waals surface area contributed by atoms with Crippen molar-refractivity contribution in [2.24, 2.45) is 5.92 Å². The number of methoxy groups -OCH3 is 1. The molecule has 0 unspecified atom stereocenters. The first-order valence-corrected chi connectivity index (χ1v) is 11.0. The number of ether oxygens (including phenoxy) is 1. The van der Waals surface area contributed by atoms with Gasteiger partial charge >= 0.3 is 0 Å². The number of H-pyrrole nitrogens is 1. The molecule has 3 heterocycles. The molecule has 1 aromatic carbocycles. The van der Waals surface area contributed by atoms with Crippen molar-refractivity contribution in [2.75, 3.05) is 20.2 Å². The molecule has 1 fully saturated rings. The highest BCUT2D eigenvalue weighted by Gasteiger charge is 2.34. The van der Waals surface area contributed by atoms with Crippen molar-refractivity contribution in [3.8, 4) is 17.0 Å². The second-order valence-electron chi connectivity index (χ2n) is 9.07. The Bertz CT molecular complexity index is 986. The minimum atomic E-state index is -0.765. The summed E-state index contributed by atoms with van der Waals surface area (Å²) in [5.74, 6) is 2.09. The van der Waals surface area contributed by atoms with Crippen LogP contribution in [0.15, 0.2) is 40.9 Å². The molecule has 0 saturated carbocycles. The lowest BCUT2D eigenvalue weighted by Crippen LogP contribution is -2.45. The number of benzene rings is 1. The third kappa shape index (κ3) is 5.54. The van der Waals surface area contributed by atoms with Crippen LogP contribution in [-0.4, -0.2) is 51.2 Å². The molecule has 0 spiro atoms. The predicted molar refractivity (Wildman–Crippen MR) is 119 cm³/mol. The second kappa shape index (κ2) is 9.24. The lowest BCUT2D eigenvalue weighted by Gasteiger charge is -2.37. The quantitative estimate of drug-likeness (QED) is 0.571. The lowest BCUT2D eigenvalue weighted by atomic mass is 9.87. The molecular formula is C24H32N4O3. The molecule has 0 atom stereocenters. The zero-order chi connectivity index (χ0) is 21.8. The first-order chi connectivity index (χ1) is 14.9. The molecule has 2 N–H and O–H groups in total. The van der Waals surface area contributed by atoms with E-state index in [-0.39, 0.29) is 0 Å². The van der Waals surface area contributed by atoms with E-state index in [0.717, 1.165) is 54.4 Å². The third-order valence-electron chi connectivity index (χ3n) is 5.91. The van der Waals surface area contributed by atoms with Crippen LogP contribution in [0.4, 0.5) is 0 Å². The van der Waals surface area contributed by atoms with Gasteiger partial charge < -0.3 is 14.4 Å². The fourth-order valence-corrected chi connectivity index (χ4v) is 4.20. The number of aromatic nitrogens is 3. The highest BCUT2D eigenvalue weighted by Crippen LogP contribution is 2.29. The van der Waals surface area contributed by atoms with Crippen LogP contribution >= 0.6 is 0 Å². The monoisotopic (exact) mass is 424 g/mol. The van der Waals surface area contributed by atoms with E-state index in [2.05, 4.69) is 40.2 Å². The molecule has 0 aliphatic carbocycles. The highest BCUT2D eigenvalue weighted by molar-refractivity contribution is 5.60. The minimum Gasteiger partial charge on any atom is -0.497 e. The Kier molecular flexibility index (Phi) is 6.43. The zero-order valence-electron chi connectivity index (χ0n) is 18.6. The van der Waals surface area contributed by atoms with Crippen molar-refractivity contribution in [1.82, 2.24) is 20.3 Å². The van der Waals surface area contributed by atoms with E-state index in [1.54, 1.807) is 7.11 Å². The topological polar surface area (TPSA) is 87.4 Å². The van der Waals surface area contributed by atoms with Crippen LogP contribution in [0.25, 0.3) is 11.3 Å². The summed E-state index contributed by atoms with van der Waals surface area (Å²) in [5, 5.41) is 22.9. The molecule has 7 heteroatoms. The van der Waals surface area contributed by atoms with Gasteiger partial charge in [-0.05, 0) is 43.4 Å². The SMILES string of the molecule is COc1cccc(-c2cc(CC3(O)CCN(Cc4cc(CC(C)C)n[nH]4)CC3)on2)c1. The van der Waals surface area contributed by atoms with E-state index in [1.807, 2.05) is 30.3 Å². The normalized spacial score (nSPS) is 16.7. The predicted octanol–water partition coefficient (Wildman–Crippen LogP) is 3.84. The van der Waals surface area contributed by atoms with Gasteiger partial charge in [-0.2, -0.15) is 5.10 Å². The molecule has 31 heavy (non-hydrogen) atoms. The number of aromatic amines is 1. The van der Waals surface area contributed by atoms with Crippen molar-refractivity contribution in [3.63, 3.8) is 0 Å². The van der Waals surface area contributed by atoms with Gasteiger partial charge in [0.2, 0.25) is 0 Å². The van der Waals surface area contributed by atoms with Gasteiger partial charge in [-0.15, -0.1) is 0 Å². The Hall–Kier alpha value is -2.64. The molecule has 0 bridgehead atoms. The van der Waals surface area contributed by atoms with Crippen LogP contribution in [0, 0.1) is 5.92 Å². The van der Waals surface area contributed by atoms with Gasteiger partial charge in [0.1, 0.15) is 17.2 Å². The van der Waals surface area contributed by atoms with Gasteiger partial charge in [-0.3, -0.25) is 10.00 Å². The molecule has 166 valence electrons. The summed E-state index contributed by atoms with van der Waals surface area (Å²) in [6.07, 6.45) is 2.87. The van der Waals surface area contributed by atoms with Gasteiger partial charge in [0.15, 0.2) is 0 Å². The van der Waals surface area contributed by atoms with E-state index in [4.69, 9.17) is 9.26 Å².